The summed E-state index contributed by atoms with van der Waals surface area (Å²) in [6, 6.07) is 9.54. The molecular weight excluding hydrogens is 397 g/mol. The summed E-state index contributed by atoms with van der Waals surface area (Å²) in [5.41, 5.74) is 1.12. The van der Waals surface area contributed by atoms with Crippen LogP contribution in [0, 0.1) is 0 Å². The largest absolute Gasteiger partial charge is 0.354 e. The molecule has 0 radical (unpaired) electrons. The number of rotatable bonds is 9. The Kier molecular flexibility index (Phi) is 6.95. The van der Waals surface area contributed by atoms with Gasteiger partial charge in [-0.25, -0.2) is 9.07 Å². The highest BCUT2D eigenvalue weighted by Gasteiger charge is 2.16. The zero-order chi connectivity index (χ0) is 20.6. The van der Waals surface area contributed by atoms with Gasteiger partial charge in [0.1, 0.15) is 11.2 Å². The van der Waals surface area contributed by atoms with E-state index in [4.69, 9.17) is 0 Å². The van der Waals surface area contributed by atoms with Crippen molar-refractivity contribution in [2.45, 2.75) is 32.1 Å². The Labute approximate surface area is 170 Å². The van der Waals surface area contributed by atoms with Crippen LogP contribution in [0.3, 0.4) is 0 Å². The van der Waals surface area contributed by atoms with Gasteiger partial charge in [0, 0.05) is 20.0 Å². The van der Waals surface area contributed by atoms with E-state index in [1.54, 1.807) is 0 Å². The van der Waals surface area contributed by atoms with Crippen LogP contribution >= 0.6 is 11.3 Å². The molecule has 2 aromatic heterocycles. The normalized spacial score (nSPS) is 11.8. The van der Waals surface area contributed by atoms with Crippen molar-refractivity contribution in [1.29, 1.82) is 0 Å². The van der Waals surface area contributed by atoms with Crippen LogP contribution in [0.5, 0.6) is 0 Å². The quantitative estimate of drug-likeness (QED) is 0.544. The number of amides is 2. The predicted octanol–water partition coefficient (Wildman–Crippen LogP) is 1.39. The van der Waals surface area contributed by atoms with Gasteiger partial charge in [-0.05, 0) is 12.0 Å². The first-order chi connectivity index (χ1) is 14.0. The standard InChI is InChI=1S/C18H20FN7O2S/c1-20-16(27)14-11-26(25-22-14)10-13(19)7-8-15-23-24-18(29-15)17(28)21-9-12-5-3-2-4-6-12/h2-6,11,13H,7-10H2,1H3,(H,20,27)(H,21,28). The minimum absolute atomic E-state index is 0.0206. The second-order valence-electron chi connectivity index (χ2n) is 6.21. The molecule has 0 fully saturated rings. The predicted molar refractivity (Wildman–Crippen MR) is 104 cm³/mol. The Morgan fingerprint density at radius 1 is 1.17 bits per heavy atom. The first kappa shape index (κ1) is 20.5. The number of nitrogens with zero attached hydrogens (tertiary/aromatic N) is 5. The molecule has 2 N–H and O–H groups in total. The van der Waals surface area contributed by atoms with Gasteiger partial charge >= 0.3 is 0 Å². The molecule has 3 rings (SSSR count). The van der Waals surface area contributed by atoms with Crippen LogP contribution in [0.4, 0.5) is 4.39 Å². The molecular formula is C18H20FN7O2S. The van der Waals surface area contributed by atoms with Gasteiger partial charge in [0.2, 0.25) is 5.01 Å². The molecule has 0 aliphatic carbocycles. The third-order valence-corrected chi connectivity index (χ3v) is 4.99. The number of nitrogens with one attached hydrogen (secondary N) is 2. The van der Waals surface area contributed by atoms with Crippen LogP contribution in [-0.2, 0) is 19.5 Å². The van der Waals surface area contributed by atoms with E-state index in [1.165, 1.54) is 17.9 Å². The summed E-state index contributed by atoms with van der Waals surface area (Å²) in [7, 11) is 1.48. The molecule has 0 saturated heterocycles. The summed E-state index contributed by atoms with van der Waals surface area (Å²) < 4.78 is 15.5. The number of alkyl halides is 1. The smallest absolute Gasteiger partial charge is 0.282 e. The number of halogens is 1. The number of aryl methyl sites for hydroxylation is 1. The van der Waals surface area contributed by atoms with Gasteiger partial charge in [0.05, 0.1) is 12.7 Å². The molecule has 29 heavy (non-hydrogen) atoms. The van der Waals surface area contributed by atoms with Crippen LogP contribution in [-0.4, -0.2) is 50.2 Å². The topological polar surface area (TPSA) is 115 Å². The summed E-state index contributed by atoms with van der Waals surface area (Å²) in [5, 5.41) is 21.3. The zero-order valence-corrected chi connectivity index (χ0v) is 16.5. The molecule has 2 heterocycles. The maximum Gasteiger partial charge on any atom is 0.282 e. The highest BCUT2D eigenvalue weighted by atomic mass is 32.1. The lowest BCUT2D eigenvalue weighted by molar-refractivity contribution is 0.0945. The minimum atomic E-state index is -1.20. The molecule has 0 aliphatic rings. The van der Waals surface area contributed by atoms with Crippen LogP contribution in [0.15, 0.2) is 36.5 Å². The fourth-order valence-corrected chi connectivity index (χ4v) is 3.27. The molecule has 1 unspecified atom stereocenters. The number of carbonyl (C=O) groups excluding carboxylic acids is 2. The average molecular weight is 417 g/mol. The van der Waals surface area contributed by atoms with E-state index >= 15 is 0 Å². The van der Waals surface area contributed by atoms with E-state index in [0.717, 1.165) is 16.9 Å². The minimum Gasteiger partial charge on any atom is -0.354 e. The molecule has 9 nitrogen and oxygen atoms in total. The molecule has 3 aromatic rings. The van der Waals surface area contributed by atoms with Gasteiger partial charge in [-0.1, -0.05) is 46.9 Å². The molecule has 11 heteroatoms. The first-order valence-electron chi connectivity index (χ1n) is 8.96. The summed E-state index contributed by atoms with van der Waals surface area (Å²) in [6.07, 6.45) is 0.733. The Balaban J connectivity index is 1.45. The van der Waals surface area contributed by atoms with Gasteiger partial charge in [-0.2, -0.15) is 0 Å². The van der Waals surface area contributed by atoms with Crippen molar-refractivity contribution in [1.82, 2.24) is 35.8 Å². The van der Waals surface area contributed by atoms with Crippen LogP contribution in [0.2, 0.25) is 0 Å². The highest BCUT2D eigenvalue weighted by molar-refractivity contribution is 7.13. The monoisotopic (exact) mass is 417 g/mol. The summed E-state index contributed by atoms with van der Waals surface area (Å²) in [5.74, 6) is -0.683. The van der Waals surface area contributed by atoms with E-state index in [2.05, 4.69) is 31.1 Å². The van der Waals surface area contributed by atoms with Crippen molar-refractivity contribution in [3.63, 3.8) is 0 Å². The number of benzene rings is 1. The Morgan fingerprint density at radius 3 is 2.72 bits per heavy atom. The fraction of sp³-hybridized carbons (Fsp3) is 0.333. The van der Waals surface area contributed by atoms with Gasteiger partial charge in [-0.15, -0.1) is 15.3 Å². The van der Waals surface area contributed by atoms with Gasteiger partial charge < -0.3 is 10.6 Å². The number of carbonyl (C=O) groups is 2. The van der Waals surface area contributed by atoms with E-state index in [9.17, 15) is 14.0 Å². The third-order valence-electron chi connectivity index (χ3n) is 4.01. The number of hydrogen-bond acceptors (Lipinski definition) is 7. The lowest BCUT2D eigenvalue weighted by atomic mass is 10.2. The van der Waals surface area contributed by atoms with Crippen molar-refractivity contribution in [2.24, 2.45) is 0 Å². The Morgan fingerprint density at radius 2 is 1.97 bits per heavy atom. The summed E-state index contributed by atoms with van der Waals surface area (Å²) in [4.78, 5) is 23.6. The van der Waals surface area contributed by atoms with E-state index in [1.807, 2.05) is 30.3 Å². The molecule has 152 valence electrons. The molecule has 2 amide bonds. The summed E-state index contributed by atoms with van der Waals surface area (Å²) in [6.45, 7) is 0.379. The highest BCUT2D eigenvalue weighted by Crippen LogP contribution is 2.14. The SMILES string of the molecule is CNC(=O)c1cn(CC(F)CCc2nnc(C(=O)NCc3ccccc3)s2)nn1. The van der Waals surface area contributed by atoms with Crippen molar-refractivity contribution in [2.75, 3.05) is 7.05 Å². The van der Waals surface area contributed by atoms with Gasteiger partial charge in [0.25, 0.3) is 11.8 Å². The molecule has 0 aliphatic heterocycles. The molecule has 0 spiro atoms. The van der Waals surface area contributed by atoms with Crippen molar-refractivity contribution >= 4 is 23.2 Å². The van der Waals surface area contributed by atoms with E-state index < -0.39 is 6.17 Å². The zero-order valence-electron chi connectivity index (χ0n) is 15.7. The number of hydrogen-bond donors (Lipinski definition) is 2. The lowest BCUT2D eigenvalue weighted by Crippen LogP contribution is -2.22. The first-order valence-corrected chi connectivity index (χ1v) is 9.77. The van der Waals surface area contributed by atoms with Crippen LogP contribution in [0.1, 0.15) is 37.3 Å². The Hall–Kier alpha value is -3.21. The van der Waals surface area contributed by atoms with Crippen LogP contribution in [0.25, 0.3) is 0 Å². The Bertz CT molecular complexity index is 960. The van der Waals surface area contributed by atoms with Crippen molar-refractivity contribution in [3.05, 3.63) is 57.8 Å². The molecule has 1 atom stereocenters. The van der Waals surface area contributed by atoms with Crippen LogP contribution < -0.4 is 10.6 Å². The summed E-state index contributed by atoms with van der Waals surface area (Å²) >= 11 is 1.15. The van der Waals surface area contributed by atoms with Crippen molar-refractivity contribution in [3.8, 4) is 0 Å². The van der Waals surface area contributed by atoms with Crippen molar-refractivity contribution < 1.29 is 14.0 Å². The van der Waals surface area contributed by atoms with E-state index in [0.29, 0.717) is 18.0 Å². The van der Waals surface area contributed by atoms with Gasteiger partial charge in [0.15, 0.2) is 5.69 Å². The third kappa shape index (κ3) is 5.88. The van der Waals surface area contributed by atoms with Gasteiger partial charge in [-0.3, -0.25) is 9.59 Å². The maximum absolute atomic E-state index is 14.2. The second kappa shape index (κ2) is 9.82. The van der Waals surface area contributed by atoms with E-state index in [-0.39, 0.29) is 35.5 Å². The average Bonchev–Trinajstić information content (AvgIpc) is 3.40. The molecule has 0 bridgehead atoms. The lowest BCUT2D eigenvalue weighted by Gasteiger charge is -2.05. The molecule has 0 saturated carbocycles. The number of aromatic nitrogens is 5. The fourth-order valence-electron chi connectivity index (χ4n) is 2.49. The second-order valence-corrected chi connectivity index (χ2v) is 7.27. The maximum atomic E-state index is 14.2. The molecule has 1 aromatic carbocycles.